The smallest absolute Gasteiger partial charge is 0.288 e. The van der Waals surface area contributed by atoms with Gasteiger partial charge in [-0.25, -0.2) is 0 Å². The zero-order valence-corrected chi connectivity index (χ0v) is 10.6. The lowest BCUT2D eigenvalue weighted by Crippen LogP contribution is -2.53. The van der Waals surface area contributed by atoms with Crippen LogP contribution in [0, 0.1) is 6.92 Å². The number of pyridine rings is 1. The Kier molecular flexibility index (Phi) is 2.79. The summed E-state index contributed by atoms with van der Waals surface area (Å²) in [6.07, 6.45) is 1.61. The molecule has 102 valence electrons. The minimum atomic E-state index is -0.487. The summed E-state index contributed by atoms with van der Waals surface area (Å²) in [6.45, 7) is 4.11. The van der Waals surface area contributed by atoms with Gasteiger partial charge < -0.3 is 14.4 Å². The van der Waals surface area contributed by atoms with Gasteiger partial charge in [0.2, 0.25) is 5.43 Å². The van der Waals surface area contributed by atoms with Gasteiger partial charge >= 0.3 is 0 Å². The Morgan fingerprint density at radius 1 is 1.26 bits per heavy atom. The van der Waals surface area contributed by atoms with E-state index in [9.17, 15) is 14.7 Å². The summed E-state index contributed by atoms with van der Waals surface area (Å²) in [5, 5.41) is 13.3. The molecular formula is C12H15N3O4. The predicted molar refractivity (Wildman–Crippen MR) is 65.7 cm³/mol. The Morgan fingerprint density at radius 2 is 2.00 bits per heavy atom. The lowest BCUT2D eigenvalue weighted by molar-refractivity contribution is -0.0350. The van der Waals surface area contributed by atoms with Gasteiger partial charge in [-0.15, -0.1) is 0 Å². The molecule has 3 heterocycles. The van der Waals surface area contributed by atoms with Gasteiger partial charge in [0.15, 0.2) is 11.4 Å². The first-order chi connectivity index (χ1) is 9.09. The van der Waals surface area contributed by atoms with E-state index < -0.39 is 11.2 Å². The van der Waals surface area contributed by atoms with Gasteiger partial charge in [0.25, 0.3) is 5.91 Å². The van der Waals surface area contributed by atoms with Crippen molar-refractivity contribution in [3.8, 4) is 5.75 Å². The average molecular weight is 265 g/mol. The molecule has 2 aliphatic rings. The molecule has 3 rings (SSSR count). The molecule has 0 aromatic carbocycles. The molecule has 0 bridgehead atoms. The molecule has 0 aliphatic carbocycles. The van der Waals surface area contributed by atoms with Crippen LogP contribution in [0.15, 0.2) is 11.0 Å². The van der Waals surface area contributed by atoms with E-state index in [4.69, 9.17) is 4.74 Å². The molecule has 1 N–H and O–H groups in total. The van der Waals surface area contributed by atoms with Crippen molar-refractivity contribution < 1.29 is 14.6 Å². The third-order valence-electron chi connectivity index (χ3n) is 3.47. The fourth-order valence-electron chi connectivity index (χ4n) is 2.48. The van der Waals surface area contributed by atoms with E-state index in [2.05, 4.69) is 0 Å². The third-order valence-corrected chi connectivity index (χ3v) is 3.47. The summed E-state index contributed by atoms with van der Waals surface area (Å²) in [5.74, 6) is -0.818. The number of hydrazine groups is 1. The third kappa shape index (κ3) is 1.82. The largest absolute Gasteiger partial charge is 0.503 e. The van der Waals surface area contributed by atoms with Crippen molar-refractivity contribution in [1.82, 2.24) is 14.6 Å². The van der Waals surface area contributed by atoms with Crippen LogP contribution in [-0.2, 0) is 11.4 Å². The number of aryl methyl sites for hydroxylation is 1. The van der Waals surface area contributed by atoms with Gasteiger partial charge in [-0.05, 0) is 6.92 Å². The molecule has 1 amide bonds. The maximum atomic E-state index is 12.4. The van der Waals surface area contributed by atoms with Crippen LogP contribution in [0.1, 0.15) is 16.1 Å². The zero-order chi connectivity index (χ0) is 13.6. The summed E-state index contributed by atoms with van der Waals surface area (Å²) in [4.78, 5) is 24.1. The van der Waals surface area contributed by atoms with Crippen LogP contribution < -0.4 is 5.43 Å². The molecule has 7 nitrogen and oxygen atoms in total. The minimum Gasteiger partial charge on any atom is -0.503 e. The number of rotatable bonds is 0. The Balaban J connectivity index is 2.12. The summed E-state index contributed by atoms with van der Waals surface area (Å²) in [5.41, 5.74) is 0.00134. The Labute approximate surface area is 109 Å². The van der Waals surface area contributed by atoms with E-state index in [1.165, 1.54) is 5.01 Å². The topological polar surface area (TPSA) is 75.0 Å². The first kappa shape index (κ1) is 12.2. The van der Waals surface area contributed by atoms with Crippen LogP contribution in [0.2, 0.25) is 0 Å². The maximum absolute atomic E-state index is 12.4. The molecule has 2 aliphatic heterocycles. The zero-order valence-electron chi connectivity index (χ0n) is 10.6. The molecule has 0 radical (unpaired) electrons. The molecule has 1 saturated heterocycles. The van der Waals surface area contributed by atoms with Crippen molar-refractivity contribution in [2.75, 3.05) is 26.3 Å². The van der Waals surface area contributed by atoms with Crippen molar-refractivity contribution in [2.45, 2.75) is 13.6 Å². The highest BCUT2D eigenvalue weighted by atomic mass is 16.5. The van der Waals surface area contributed by atoms with Crippen LogP contribution in [0.5, 0.6) is 5.75 Å². The van der Waals surface area contributed by atoms with E-state index in [1.54, 1.807) is 17.7 Å². The van der Waals surface area contributed by atoms with Crippen LogP contribution in [-0.4, -0.2) is 51.9 Å². The van der Waals surface area contributed by atoms with E-state index in [0.717, 1.165) is 0 Å². The van der Waals surface area contributed by atoms with E-state index in [1.807, 2.05) is 5.01 Å². The van der Waals surface area contributed by atoms with E-state index in [-0.39, 0.29) is 11.6 Å². The van der Waals surface area contributed by atoms with Crippen molar-refractivity contribution in [2.24, 2.45) is 0 Å². The first-order valence-electron chi connectivity index (χ1n) is 6.17. The van der Waals surface area contributed by atoms with Crippen LogP contribution >= 0.6 is 0 Å². The van der Waals surface area contributed by atoms with Crippen molar-refractivity contribution in [3.63, 3.8) is 0 Å². The molecular weight excluding hydrogens is 250 g/mol. The summed E-state index contributed by atoms with van der Waals surface area (Å²) in [7, 11) is 0. The second kappa shape index (κ2) is 4.36. The highest BCUT2D eigenvalue weighted by Gasteiger charge is 2.34. The van der Waals surface area contributed by atoms with Crippen LogP contribution in [0.3, 0.4) is 0 Å². The number of nitrogens with zero attached hydrogens (tertiary/aromatic N) is 3. The monoisotopic (exact) mass is 265 g/mol. The standard InChI is InChI=1S/C12H15N3O4/c1-8-6-13-7-14-2-4-19-5-3-15(14)12(18)9(13)11(17)10(8)16/h6,17H,2-5,7H2,1H3. The second-order valence-electron chi connectivity index (χ2n) is 4.72. The van der Waals surface area contributed by atoms with Gasteiger partial charge in [-0.1, -0.05) is 0 Å². The Morgan fingerprint density at radius 3 is 2.79 bits per heavy atom. The number of hydrogen-bond acceptors (Lipinski definition) is 5. The van der Waals surface area contributed by atoms with Crippen molar-refractivity contribution >= 4 is 5.91 Å². The lowest BCUT2D eigenvalue weighted by Gasteiger charge is -2.38. The predicted octanol–water partition coefficient (Wildman–Crippen LogP) is -0.477. The number of aromatic hydroxyl groups is 1. The molecule has 0 spiro atoms. The molecule has 0 unspecified atom stereocenters. The molecule has 7 heteroatoms. The SMILES string of the molecule is Cc1cn2c(c(O)c1=O)C(=O)N1CCOCCN1C2. The fourth-order valence-corrected chi connectivity index (χ4v) is 2.48. The highest BCUT2D eigenvalue weighted by Crippen LogP contribution is 2.23. The average Bonchev–Trinajstić information content (AvgIpc) is 2.61. The van der Waals surface area contributed by atoms with Crippen molar-refractivity contribution in [3.05, 3.63) is 27.7 Å². The van der Waals surface area contributed by atoms with E-state index in [0.29, 0.717) is 38.5 Å². The number of aromatic nitrogens is 1. The molecule has 19 heavy (non-hydrogen) atoms. The van der Waals surface area contributed by atoms with Crippen LogP contribution in [0.25, 0.3) is 0 Å². The summed E-state index contributed by atoms with van der Waals surface area (Å²) >= 11 is 0. The quantitative estimate of drug-likeness (QED) is 0.686. The Bertz CT molecular complexity index is 595. The van der Waals surface area contributed by atoms with Gasteiger partial charge in [0.05, 0.1) is 26.4 Å². The van der Waals surface area contributed by atoms with E-state index >= 15 is 0 Å². The number of fused-ring (bicyclic) bond motifs is 2. The summed E-state index contributed by atoms with van der Waals surface area (Å²) in [6, 6.07) is 0. The number of hydrogen-bond donors (Lipinski definition) is 1. The van der Waals surface area contributed by atoms with Crippen LogP contribution in [0.4, 0.5) is 0 Å². The molecule has 1 aromatic heterocycles. The minimum absolute atomic E-state index is 0.0637. The number of ether oxygens (including phenoxy) is 1. The molecule has 0 atom stereocenters. The fraction of sp³-hybridized carbons (Fsp3) is 0.500. The number of carbonyl (C=O) groups is 1. The highest BCUT2D eigenvalue weighted by molar-refractivity contribution is 5.95. The molecule has 0 saturated carbocycles. The normalized spacial score (nSPS) is 19.8. The number of carbonyl (C=O) groups excluding carboxylic acids is 1. The lowest BCUT2D eigenvalue weighted by atomic mass is 10.2. The molecule has 1 aromatic rings. The van der Waals surface area contributed by atoms with Gasteiger partial charge in [0, 0.05) is 18.3 Å². The van der Waals surface area contributed by atoms with Gasteiger partial charge in [0.1, 0.15) is 0 Å². The Hall–Kier alpha value is -1.86. The van der Waals surface area contributed by atoms with Gasteiger partial charge in [-0.3, -0.25) is 14.6 Å². The number of amides is 1. The van der Waals surface area contributed by atoms with Crippen molar-refractivity contribution in [1.29, 1.82) is 0 Å². The molecule has 1 fully saturated rings. The maximum Gasteiger partial charge on any atom is 0.288 e. The first-order valence-corrected chi connectivity index (χ1v) is 6.17. The summed E-state index contributed by atoms with van der Waals surface area (Å²) < 4.78 is 6.96. The van der Waals surface area contributed by atoms with Gasteiger partial charge in [-0.2, -0.15) is 5.01 Å². The second-order valence-corrected chi connectivity index (χ2v) is 4.72.